The molecule has 0 bridgehead atoms. The highest BCUT2D eigenvalue weighted by Gasteiger charge is 1.91. The van der Waals surface area contributed by atoms with E-state index in [0.717, 1.165) is 13.5 Å². The number of nitrogens with zero attached hydrogens (tertiary/aromatic N) is 3. The summed E-state index contributed by atoms with van der Waals surface area (Å²) in [6, 6.07) is 0. The van der Waals surface area contributed by atoms with Crippen molar-refractivity contribution in [1.29, 1.82) is 0 Å². The van der Waals surface area contributed by atoms with Gasteiger partial charge in [-0.25, -0.2) is 0 Å². The summed E-state index contributed by atoms with van der Waals surface area (Å²) in [6.45, 7) is 0. The van der Waals surface area contributed by atoms with Gasteiger partial charge in [0.05, 0.1) is 0 Å². The van der Waals surface area contributed by atoms with Gasteiger partial charge in [0.2, 0.25) is 4.96 Å². The normalized spacial score (nSPS) is 11.5. The van der Waals surface area contributed by atoms with E-state index in [0.29, 0.717) is 0 Å². The first kappa shape index (κ1) is 4.41. The molecular weight excluding hydrogens is 141 g/mol. The first-order valence-corrected chi connectivity index (χ1v) is 3.76. The van der Waals surface area contributed by atoms with Crippen LogP contribution < -0.4 is 0 Å². The highest BCUT2D eigenvalue weighted by Crippen LogP contribution is 2.11. The Labute approximate surface area is 51.2 Å². The van der Waals surface area contributed by atoms with E-state index in [2.05, 4.69) is 9.96 Å². The molecule has 3 nitrogen and oxygen atoms in total. The zero-order valence-corrected chi connectivity index (χ0v) is 5.56. The fourth-order valence-corrected chi connectivity index (χ4v) is 1.92. The van der Waals surface area contributed by atoms with E-state index < -0.39 is 0 Å². The SMILES string of the molecule is c1cn2pnnc2s1. The molecule has 0 saturated heterocycles. The predicted octanol–water partition coefficient (Wildman–Crippen LogP) is 1.37. The van der Waals surface area contributed by atoms with Crippen molar-refractivity contribution in [3.8, 4) is 0 Å². The summed E-state index contributed by atoms with van der Waals surface area (Å²) in [5, 5.41) is 5.85. The number of fused-ring (bicyclic) bond motifs is 1. The number of rotatable bonds is 0. The molecule has 0 unspecified atom stereocenters. The van der Waals surface area contributed by atoms with Crippen LogP contribution in [0.4, 0.5) is 0 Å². The monoisotopic (exact) mass is 143 g/mol. The van der Waals surface area contributed by atoms with E-state index in [9.17, 15) is 0 Å². The van der Waals surface area contributed by atoms with E-state index in [4.69, 9.17) is 0 Å². The Balaban J connectivity index is 3.06. The maximum absolute atomic E-state index is 3.85. The summed E-state index contributed by atoms with van der Waals surface area (Å²) < 4.78 is 1.98. The third-order valence-electron chi connectivity index (χ3n) is 0.838. The van der Waals surface area contributed by atoms with Gasteiger partial charge in [0.1, 0.15) is 0 Å². The smallest absolute Gasteiger partial charge is 0.219 e. The number of thiazole rings is 1. The molecule has 0 spiro atoms. The Morgan fingerprint density at radius 3 is 3.62 bits per heavy atom. The van der Waals surface area contributed by atoms with Gasteiger partial charge < -0.3 is 0 Å². The summed E-state index contributed by atoms with van der Waals surface area (Å²) in [6.07, 6.45) is 1.97. The molecule has 2 aromatic heterocycles. The number of hydrogen-bond donors (Lipinski definition) is 0. The van der Waals surface area contributed by atoms with Crippen molar-refractivity contribution in [2.75, 3.05) is 0 Å². The molecule has 5 heteroatoms. The van der Waals surface area contributed by atoms with E-state index >= 15 is 0 Å². The van der Waals surface area contributed by atoms with Gasteiger partial charge in [0, 0.05) is 11.6 Å². The van der Waals surface area contributed by atoms with Crippen LogP contribution in [-0.2, 0) is 0 Å². The average Bonchev–Trinajstić information content (AvgIpc) is 2.15. The fraction of sp³-hybridized carbons (Fsp3) is 0. The van der Waals surface area contributed by atoms with Crippen LogP contribution in [0.15, 0.2) is 11.6 Å². The topological polar surface area (TPSA) is 30.2 Å². The minimum Gasteiger partial charge on any atom is -0.256 e. The molecule has 8 heavy (non-hydrogen) atoms. The summed E-state index contributed by atoms with van der Waals surface area (Å²) in [7, 11) is 0.925. The first-order valence-electron chi connectivity index (χ1n) is 2.08. The predicted molar refractivity (Wildman–Crippen MR) is 33.4 cm³/mol. The molecule has 0 fully saturated rings. The molecule has 0 saturated carbocycles. The molecule has 0 aliphatic rings. The second-order valence-corrected chi connectivity index (χ2v) is 2.97. The Kier molecular flexibility index (Phi) is 0.829. The van der Waals surface area contributed by atoms with Crippen LogP contribution >= 0.6 is 19.8 Å². The lowest BCUT2D eigenvalue weighted by Gasteiger charge is -1.67. The van der Waals surface area contributed by atoms with Crippen molar-refractivity contribution in [2.45, 2.75) is 0 Å². The number of aromatic nitrogens is 3. The highest BCUT2D eigenvalue weighted by molar-refractivity contribution is 7.24. The maximum Gasteiger partial charge on any atom is 0.219 e. The fourth-order valence-electron chi connectivity index (χ4n) is 0.506. The summed E-state index contributed by atoms with van der Waals surface area (Å²) in [5.41, 5.74) is 0. The molecule has 0 amide bonds. The summed E-state index contributed by atoms with van der Waals surface area (Å²) in [5.74, 6) is 0. The quantitative estimate of drug-likeness (QED) is 0.557. The van der Waals surface area contributed by atoms with Gasteiger partial charge in [0.25, 0.3) is 0 Å². The lowest BCUT2D eigenvalue weighted by Crippen LogP contribution is -1.62. The Hall–Kier alpha value is -0.470. The van der Waals surface area contributed by atoms with Gasteiger partial charge in [-0.2, -0.15) is 0 Å². The lowest BCUT2D eigenvalue weighted by atomic mass is 11.0. The van der Waals surface area contributed by atoms with E-state index in [1.807, 2.05) is 15.7 Å². The van der Waals surface area contributed by atoms with Gasteiger partial charge in [-0.3, -0.25) is 4.16 Å². The van der Waals surface area contributed by atoms with Crippen molar-refractivity contribution >= 4 is 24.8 Å². The molecule has 0 aliphatic heterocycles. The van der Waals surface area contributed by atoms with Crippen LogP contribution in [0.3, 0.4) is 0 Å². The van der Waals surface area contributed by atoms with Crippen LogP contribution in [0.5, 0.6) is 0 Å². The van der Waals surface area contributed by atoms with Crippen LogP contribution in [0.25, 0.3) is 4.96 Å². The standard InChI is InChI=1S/C3H2N3PS/c1-2-8-3-4-5-7-6(1)3/h1-2H. The Bertz CT molecular complexity index is 236. The van der Waals surface area contributed by atoms with Gasteiger partial charge >= 0.3 is 0 Å². The van der Waals surface area contributed by atoms with E-state index in [-0.39, 0.29) is 0 Å². The first-order chi connectivity index (χ1) is 3.97. The molecule has 40 valence electrons. The van der Waals surface area contributed by atoms with Gasteiger partial charge in [0.15, 0.2) is 8.51 Å². The van der Waals surface area contributed by atoms with Crippen LogP contribution in [0.1, 0.15) is 0 Å². The van der Waals surface area contributed by atoms with Gasteiger partial charge in [-0.1, -0.05) is 0 Å². The average molecular weight is 143 g/mol. The number of hydrogen-bond acceptors (Lipinski definition) is 3. The molecular formula is C3H2N3PS. The molecule has 0 aliphatic carbocycles. The van der Waals surface area contributed by atoms with Crippen molar-refractivity contribution in [2.24, 2.45) is 0 Å². The van der Waals surface area contributed by atoms with Crippen molar-refractivity contribution in [3.63, 3.8) is 0 Å². The Morgan fingerprint density at radius 2 is 2.75 bits per heavy atom. The summed E-state index contributed by atoms with van der Waals surface area (Å²) in [4.78, 5) is 4.77. The lowest BCUT2D eigenvalue weighted by molar-refractivity contribution is 1.19. The van der Waals surface area contributed by atoms with Crippen molar-refractivity contribution in [3.05, 3.63) is 11.6 Å². The van der Waals surface area contributed by atoms with E-state index in [1.165, 1.54) is 0 Å². The minimum atomic E-state index is 0.925. The molecule has 0 aromatic carbocycles. The largest absolute Gasteiger partial charge is 0.256 e. The molecule has 2 rings (SSSR count). The van der Waals surface area contributed by atoms with Crippen molar-refractivity contribution in [1.82, 2.24) is 14.1 Å². The third-order valence-corrected chi connectivity index (χ3v) is 2.41. The third kappa shape index (κ3) is 0.471. The van der Waals surface area contributed by atoms with E-state index in [1.54, 1.807) is 11.3 Å². The van der Waals surface area contributed by atoms with Gasteiger partial charge in [-0.15, -0.1) is 21.3 Å². The molecule has 2 aromatic rings. The van der Waals surface area contributed by atoms with Gasteiger partial charge in [-0.05, 0) is 0 Å². The molecule has 0 atom stereocenters. The van der Waals surface area contributed by atoms with Crippen LogP contribution in [0.2, 0.25) is 0 Å². The Morgan fingerprint density at radius 1 is 1.75 bits per heavy atom. The molecule has 0 N–H and O–H groups in total. The summed E-state index contributed by atoms with van der Waals surface area (Å²) >= 11 is 1.61. The van der Waals surface area contributed by atoms with Crippen molar-refractivity contribution < 1.29 is 0 Å². The molecule has 2 heterocycles. The maximum atomic E-state index is 3.85. The second kappa shape index (κ2) is 1.50. The van der Waals surface area contributed by atoms with Crippen LogP contribution in [-0.4, -0.2) is 14.1 Å². The second-order valence-electron chi connectivity index (χ2n) is 1.31. The zero-order chi connectivity index (χ0) is 5.40. The minimum absolute atomic E-state index is 0.925. The van der Waals surface area contributed by atoms with Crippen LogP contribution in [0, 0.1) is 0 Å². The highest BCUT2D eigenvalue weighted by atomic mass is 32.1. The zero-order valence-electron chi connectivity index (χ0n) is 3.85. The molecule has 0 radical (unpaired) electrons.